The van der Waals surface area contributed by atoms with Crippen LogP contribution in [-0.4, -0.2) is 20.3 Å². The van der Waals surface area contributed by atoms with Gasteiger partial charge in [0.05, 0.1) is 12.2 Å². The molecular formula is C50H48O2Si. The van der Waals surface area contributed by atoms with Gasteiger partial charge in [-0.15, -0.1) is 0 Å². The smallest absolute Gasteiger partial charge is 0.127 e. The molecule has 4 aromatic rings. The van der Waals surface area contributed by atoms with Gasteiger partial charge in [-0.1, -0.05) is 132 Å². The molecule has 0 spiro atoms. The SMILES string of the molecule is CC1=C([Si](C)(C)C2=C(C)CC3=C2C(c2cc(OC4CC4)c4ccccc4c2)C=CC=C3)C2=C(C=CC=CC2c2cc(OC3CC3)c3ccccc3c2)C1. The molecule has 0 heterocycles. The van der Waals surface area contributed by atoms with Gasteiger partial charge in [-0.2, -0.15) is 0 Å². The van der Waals surface area contributed by atoms with E-state index in [0.717, 1.165) is 50.0 Å². The van der Waals surface area contributed by atoms with Crippen LogP contribution in [0.5, 0.6) is 11.5 Å². The highest BCUT2D eigenvalue weighted by atomic mass is 28.3. The Hall–Kier alpha value is -4.86. The number of hydrogen-bond acceptors (Lipinski definition) is 2. The molecule has 0 bridgehead atoms. The molecule has 10 rings (SSSR count). The van der Waals surface area contributed by atoms with Crippen molar-refractivity contribution in [2.75, 3.05) is 0 Å². The first-order valence-electron chi connectivity index (χ1n) is 19.8. The zero-order valence-electron chi connectivity index (χ0n) is 31.4. The van der Waals surface area contributed by atoms with Gasteiger partial charge in [-0.05, 0) is 121 Å². The van der Waals surface area contributed by atoms with Gasteiger partial charge in [0.15, 0.2) is 0 Å². The van der Waals surface area contributed by atoms with Crippen LogP contribution >= 0.6 is 0 Å². The van der Waals surface area contributed by atoms with E-state index in [1.165, 1.54) is 55.0 Å². The first-order chi connectivity index (χ1) is 25.8. The average molecular weight is 709 g/mol. The molecule has 2 unspecified atom stereocenters. The molecule has 2 atom stereocenters. The Kier molecular flexibility index (Phi) is 7.81. The zero-order chi connectivity index (χ0) is 35.8. The lowest BCUT2D eigenvalue weighted by molar-refractivity contribution is 0.306. The molecule has 4 aromatic carbocycles. The third-order valence-electron chi connectivity index (χ3n) is 12.3. The number of ether oxygens (including phenoxy) is 2. The van der Waals surface area contributed by atoms with Crippen molar-refractivity contribution < 1.29 is 9.47 Å². The van der Waals surface area contributed by atoms with Gasteiger partial charge >= 0.3 is 0 Å². The van der Waals surface area contributed by atoms with E-state index >= 15 is 0 Å². The van der Waals surface area contributed by atoms with Crippen LogP contribution in [0.3, 0.4) is 0 Å². The Labute approximate surface area is 315 Å². The third-order valence-corrected chi connectivity index (χ3v) is 16.2. The molecule has 53 heavy (non-hydrogen) atoms. The van der Waals surface area contributed by atoms with Crippen molar-refractivity contribution in [1.29, 1.82) is 0 Å². The first kappa shape index (κ1) is 32.8. The highest BCUT2D eigenvalue weighted by Gasteiger charge is 2.45. The molecule has 0 radical (unpaired) electrons. The van der Waals surface area contributed by atoms with Crippen molar-refractivity contribution in [3.63, 3.8) is 0 Å². The Morgan fingerprint density at radius 3 is 1.42 bits per heavy atom. The van der Waals surface area contributed by atoms with Gasteiger partial charge in [-0.3, -0.25) is 0 Å². The maximum Gasteiger partial charge on any atom is 0.127 e. The number of benzene rings is 4. The second kappa shape index (κ2) is 12.6. The van der Waals surface area contributed by atoms with Crippen LogP contribution in [0.25, 0.3) is 21.5 Å². The Morgan fingerprint density at radius 1 is 0.547 bits per heavy atom. The maximum absolute atomic E-state index is 6.61. The molecule has 6 aliphatic carbocycles. The summed E-state index contributed by atoms with van der Waals surface area (Å²) in [7, 11) is -2.30. The molecule has 6 aliphatic rings. The van der Waals surface area contributed by atoms with E-state index in [1.54, 1.807) is 21.5 Å². The van der Waals surface area contributed by atoms with Gasteiger partial charge < -0.3 is 9.47 Å². The summed E-state index contributed by atoms with van der Waals surface area (Å²) in [4.78, 5) is 0. The number of rotatable bonds is 8. The summed E-state index contributed by atoms with van der Waals surface area (Å²) >= 11 is 0. The second-order valence-corrected chi connectivity index (χ2v) is 21.0. The van der Waals surface area contributed by atoms with E-state index in [1.807, 2.05) is 0 Å². The third kappa shape index (κ3) is 5.76. The predicted octanol–water partition coefficient (Wildman–Crippen LogP) is 13.0. The van der Waals surface area contributed by atoms with Crippen molar-refractivity contribution in [2.24, 2.45) is 0 Å². The van der Waals surface area contributed by atoms with Crippen LogP contribution in [0.2, 0.25) is 13.1 Å². The Balaban J connectivity index is 1.09. The summed E-state index contributed by atoms with van der Waals surface area (Å²) < 4.78 is 13.2. The summed E-state index contributed by atoms with van der Waals surface area (Å²) in [5.41, 5.74) is 11.8. The van der Waals surface area contributed by atoms with Crippen LogP contribution in [0, 0.1) is 0 Å². The summed E-state index contributed by atoms with van der Waals surface area (Å²) in [6.07, 6.45) is 26.1. The number of hydrogen-bond donors (Lipinski definition) is 0. The molecule has 3 heteroatoms. The fraction of sp³-hybridized carbons (Fsp3) is 0.280. The summed E-state index contributed by atoms with van der Waals surface area (Å²) in [6.45, 7) is 10.1. The fourth-order valence-electron chi connectivity index (χ4n) is 9.91. The molecule has 2 fully saturated rings. The zero-order valence-corrected chi connectivity index (χ0v) is 32.4. The molecule has 0 aliphatic heterocycles. The van der Waals surface area contributed by atoms with Gasteiger partial charge in [0.1, 0.15) is 19.6 Å². The number of fused-ring (bicyclic) bond motifs is 2. The van der Waals surface area contributed by atoms with E-state index in [4.69, 9.17) is 9.47 Å². The van der Waals surface area contributed by atoms with Crippen LogP contribution in [-0.2, 0) is 0 Å². The topological polar surface area (TPSA) is 18.5 Å². The summed E-state index contributed by atoms with van der Waals surface area (Å²) in [5.74, 6) is 2.39. The molecule has 0 amide bonds. The largest absolute Gasteiger partial charge is 0.490 e. The molecular weight excluding hydrogens is 661 g/mol. The molecule has 0 aromatic heterocycles. The highest BCUT2D eigenvalue weighted by molar-refractivity contribution is 6.92. The molecule has 2 nitrogen and oxygen atoms in total. The van der Waals surface area contributed by atoms with Gasteiger partial charge in [-0.25, -0.2) is 0 Å². The molecule has 264 valence electrons. The maximum atomic E-state index is 6.61. The van der Waals surface area contributed by atoms with E-state index in [-0.39, 0.29) is 11.8 Å². The van der Waals surface area contributed by atoms with Crippen molar-refractivity contribution in [2.45, 2.75) is 89.5 Å². The van der Waals surface area contributed by atoms with Gasteiger partial charge in [0.25, 0.3) is 0 Å². The lowest BCUT2D eigenvalue weighted by Gasteiger charge is -2.36. The van der Waals surface area contributed by atoms with Crippen LogP contribution in [0.1, 0.15) is 75.3 Å². The van der Waals surface area contributed by atoms with E-state index < -0.39 is 8.07 Å². The van der Waals surface area contributed by atoms with E-state index in [9.17, 15) is 0 Å². The predicted molar refractivity (Wildman–Crippen MR) is 223 cm³/mol. The summed E-state index contributed by atoms with van der Waals surface area (Å²) in [5, 5.41) is 8.23. The highest BCUT2D eigenvalue weighted by Crippen LogP contribution is 2.55. The normalized spacial score (nSPS) is 22.6. The van der Waals surface area contributed by atoms with Gasteiger partial charge in [0, 0.05) is 22.6 Å². The van der Waals surface area contributed by atoms with Crippen molar-refractivity contribution >= 4 is 29.6 Å². The lowest BCUT2D eigenvalue weighted by atomic mass is 9.87. The van der Waals surface area contributed by atoms with E-state index in [2.05, 4.69) is 148 Å². The standard InChI is InChI=1S/C50H48O2Si/c1-31-25-35-15-7-11-19-43(37-27-33-13-5-9-17-41(33)45(29-37)51-39-21-22-39)47(35)49(31)53(3,4)50-32(2)26-36-16-8-12-20-44(48(36)50)38-28-34-14-6-10-18-42(34)46(30-38)52-40-23-24-40/h5-20,27-30,39-40,43-44H,21-26H2,1-4H3. The van der Waals surface area contributed by atoms with Crippen LogP contribution in [0.15, 0.2) is 165 Å². The van der Waals surface area contributed by atoms with Crippen molar-refractivity contribution in [3.8, 4) is 11.5 Å². The minimum Gasteiger partial charge on any atom is -0.490 e. The fourth-order valence-corrected chi connectivity index (χ4v) is 14.5. The van der Waals surface area contributed by atoms with Crippen molar-refractivity contribution in [3.05, 3.63) is 176 Å². The van der Waals surface area contributed by atoms with Crippen LogP contribution < -0.4 is 9.47 Å². The average Bonchev–Trinajstić information content (AvgIpc) is 4.09. The minimum absolute atomic E-state index is 0.161. The minimum atomic E-state index is -2.30. The van der Waals surface area contributed by atoms with E-state index in [0.29, 0.717) is 12.2 Å². The van der Waals surface area contributed by atoms with Crippen molar-refractivity contribution in [1.82, 2.24) is 0 Å². The monoisotopic (exact) mass is 708 g/mol. The summed E-state index contributed by atoms with van der Waals surface area (Å²) in [6, 6.07) is 27.1. The Morgan fingerprint density at radius 2 is 0.981 bits per heavy atom. The lowest BCUT2D eigenvalue weighted by Crippen LogP contribution is -2.36. The number of allylic oxidation sites excluding steroid dienone is 16. The first-order valence-corrected chi connectivity index (χ1v) is 22.8. The molecule has 2 saturated carbocycles. The quantitative estimate of drug-likeness (QED) is 0.170. The second-order valence-electron chi connectivity index (χ2n) is 16.7. The van der Waals surface area contributed by atoms with Crippen LogP contribution in [0.4, 0.5) is 0 Å². The van der Waals surface area contributed by atoms with Gasteiger partial charge in [0.2, 0.25) is 0 Å². The Bertz CT molecular complexity index is 2300. The molecule has 0 N–H and O–H groups in total. The molecule has 0 saturated heterocycles.